The molecule has 0 bridgehead atoms. The van der Waals surface area contributed by atoms with Crippen LogP contribution in [0.15, 0.2) is 24.5 Å². The van der Waals surface area contributed by atoms with Crippen molar-refractivity contribution in [1.82, 2.24) is 4.98 Å². The van der Waals surface area contributed by atoms with Gasteiger partial charge in [0.05, 0.1) is 0 Å². The summed E-state index contributed by atoms with van der Waals surface area (Å²) in [6.45, 7) is 2.23. The largest absolute Gasteiger partial charge is 0.327 e. The highest BCUT2D eigenvalue weighted by molar-refractivity contribution is 5.09. The second kappa shape index (κ2) is 7.41. The molecule has 1 aromatic heterocycles. The summed E-state index contributed by atoms with van der Waals surface area (Å²) < 4.78 is 0. The summed E-state index contributed by atoms with van der Waals surface area (Å²) >= 11 is 0. The highest BCUT2D eigenvalue weighted by Crippen LogP contribution is 2.08. The maximum Gasteiger partial charge on any atom is 0.0300 e. The van der Waals surface area contributed by atoms with Gasteiger partial charge >= 0.3 is 0 Å². The van der Waals surface area contributed by atoms with Crippen molar-refractivity contribution in [2.75, 3.05) is 0 Å². The third kappa shape index (κ3) is 5.53. The van der Waals surface area contributed by atoms with Crippen molar-refractivity contribution in [2.24, 2.45) is 5.73 Å². The average Bonchev–Trinajstić information content (AvgIpc) is 2.26. The molecule has 84 valence electrons. The number of pyridine rings is 1. The summed E-state index contributed by atoms with van der Waals surface area (Å²) in [5.41, 5.74) is 7.31. The van der Waals surface area contributed by atoms with Crippen LogP contribution in [-0.4, -0.2) is 11.0 Å². The molecule has 0 aliphatic heterocycles. The van der Waals surface area contributed by atoms with Gasteiger partial charge in [0.25, 0.3) is 0 Å². The monoisotopic (exact) mass is 206 g/mol. The summed E-state index contributed by atoms with van der Waals surface area (Å²) in [4.78, 5) is 4.09. The molecule has 0 aliphatic carbocycles. The number of aromatic nitrogens is 1. The molecule has 0 aromatic carbocycles. The molecule has 0 spiro atoms. The van der Waals surface area contributed by atoms with Crippen molar-refractivity contribution in [3.63, 3.8) is 0 Å². The highest BCUT2D eigenvalue weighted by atomic mass is 14.6. The van der Waals surface area contributed by atoms with Crippen LogP contribution in [0.25, 0.3) is 0 Å². The fraction of sp³-hybridized carbons (Fsp3) is 0.615. The van der Waals surface area contributed by atoms with Crippen LogP contribution in [0.1, 0.15) is 44.6 Å². The first kappa shape index (κ1) is 12.2. The van der Waals surface area contributed by atoms with E-state index in [9.17, 15) is 0 Å². The minimum Gasteiger partial charge on any atom is -0.327 e. The number of rotatable bonds is 7. The van der Waals surface area contributed by atoms with Crippen LogP contribution in [0, 0.1) is 0 Å². The zero-order valence-electron chi connectivity index (χ0n) is 9.65. The fourth-order valence-electron chi connectivity index (χ4n) is 1.76. The first-order valence-electron chi connectivity index (χ1n) is 5.97. The van der Waals surface area contributed by atoms with Gasteiger partial charge in [0.1, 0.15) is 0 Å². The SMILES string of the molecule is CCCCCCC(N)Cc1cccnc1. The quantitative estimate of drug-likeness (QED) is 0.697. The average molecular weight is 206 g/mol. The van der Waals surface area contributed by atoms with Gasteiger partial charge in [-0.25, -0.2) is 0 Å². The van der Waals surface area contributed by atoms with E-state index >= 15 is 0 Å². The molecule has 0 saturated carbocycles. The minimum atomic E-state index is 0.297. The lowest BCUT2D eigenvalue weighted by molar-refractivity contribution is 0.545. The van der Waals surface area contributed by atoms with Gasteiger partial charge in [0, 0.05) is 18.4 Å². The Morgan fingerprint density at radius 3 is 2.87 bits per heavy atom. The molecule has 2 N–H and O–H groups in total. The molecule has 2 heteroatoms. The Morgan fingerprint density at radius 2 is 2.20 bits per heavy atom. The topological polar surface area (TPSA) is 38.9 Å². The van der Waals surface area contributed by atoms with Gasteiger partial charge in [-0.15, -0.1) is 0 Å². The van der Waals surface area contributed by atoms with Crippen molar-refractivity contribution in [3.05, 3.63) is 30.1 Å². The number of hydrogen-bond donors (Lipinski definition) is 1. The Balaban J connectivity index is 2.16. The Bertz CT molecular complexity index is 246. The zero-order valence-corrected chi connectivity index (χ0v) is 9.65. The molecular weight excluding hydrogens is 184 g/mol. The smallest absolute Gasteiger partial charge is 0.0300 e. The molecule has 1 rings (SSSR count). The van der Waals surface area contributed by atoms with Crippen LogP contribution in [0.2, 0.25) is 0 Å². The molecule has 0 aliphatic rings. The van der Waals surface area contributed by atoms with Crippen LogP contribution in [0.3, 0.4) is 0 Å². The van der Waals surface area contributed by atoms with E-state index in [1.807, 2.05) is 12.3 Å². The number of nitrogens with two attached hydrogens (primary N) is 1. The Labute approximate surface area is 92.9 Å². The number of unbranched alkanes of at least 4 members (excludes halogenated alkanes) is 3. The van der Waals surface area contributed by atoms with Crippen molar-refractivity contribution in [2.45, 2.75) is 51.5 Å². The molecular formula is C13H22N2. The van der Waals surface area contributed by atoms with E-state index in [2.05, 4.69) is 18.0 Å². The molecule has 1 aromatic rings. The lowest BCUT2D eigenvalue weighted by Gasteiger charge is -2.10. The van der Waals surface area contributed by atoms with E-state index in [-0.39, 0.29) is 0 Å². The van der Waals surface area contributed by atoms with Crippen LogP contribution in [0.4, 0.5) is 0 Å². The molecule has 0 amide bonds. The van der Waals surface area contributed by atoms with Crippen molar-refractivity contribution in [1.29, 1.82) is 0 Å². The van der Waals surface area contributed by atoms with Crippen LogP contribution >= 0.6 is 0 Å². The molecule has 1 heterocycles. The summed E-state index contributed by atoms with van der Waals surface area (Å²) in [6, 6.07) is 4.36. The van der Waals surface area contributed by atoms with Gasteiger partial charge in [-0.3, -0.25) is 4.98 Å². The van der Waals surface area contributed by atoms with E-state index in [4.69, 9.17) is 5.73 Å². The third-order valence-corrected chi connectivity index (χ3v) is 2.65. The Hall–Kier alpha value is -0.890. The lowest BCUT2D eigenvalue weighted by atomic mass is 10.0. The molecule has 15 heavy (non-hydrogen) atoms. The van der Waals surface area contributed by atoms with Crippen LogP contribution < -0.4 is 5.73 Å². The maximum absolute atomic E-state index is 6.06. The number of nitrogens with zero attached hydrogens (tertiary/aromatic N) is 1. The Kier molecular flexibility index (Phi) is 6.02. The predicted octanol–water partition coefficient (Wildman–Crippen LogP) is 2.92. The number of hydrogen-bond acceptors (Lipinski definition) is 2. The molecule has 0 saturated heterocycles. The molecule has 2 nitrogen and oxygen atoms in total. The van der Waals surface area contributed by atoms with E-state index in [1.54, 1.807) is 6.20 Å². The first-order valence-corrected chi connectivity index (χ1v) is 5.97. The summed E-state index contributed by atoms with van der Waals surface area (Å²) in [5, 5.41) is 0. The maximum atomic E-state index is 6.06. The summed E-state index contributed by atoms with van der Waals surface area (Å²) in [6.07, 6.45) is 11.0. The molecule has 0 radical (unpaired) electrons. The van der Waals surface area contributed by atoms with E-state index < -0.39 is 0 Å². The van der Waals surface area contributed by atoms with Gasteiger partial charge in [-0.1, -0.05) is 38.7 Å². The minimum absolute atomic E-state index is 0.297. The van der Waals surface area contributed by atoms with E-state index in [0.29, 0.717) is 6.04 Å². The third-order valence-electron chi connectivity index (χ3n) is 2.65. The zero-order chi connectivity index (χ0) is 10.9. The second-order valence-electron chi connectivity index (χ2n) is 4.17. The van der Waals surface area contributed by atoms with Crippen molar-refractivity contribution in [3.8, 4) is 0 Å². The fourth-order valence-corrected chi connectivity index (χ4v) is 1.76. The first-order chi connectivity index (χ1) is 7.33. The predicted molar refractivity (Wildman–Crippen MR) is 64.7 cm³/mol. The van der Waals surface area contributed by atoms with Gasteiger partial charge < -0.3 is 5.73 Å². The van der Waals surface area contributed by atoms with E-state index in [1.165, 1.54) is 31.2 Å². The molecule has 1 unspecified atom stereocenters. The van der Waals surface area contributed by atoms with Gasteiger partial charge in [-0.05, 0) is 24.5 Å². The molecule has 1 atom stereocenters. The lowest BCUT2D eigenvalue weighted by Crippen LogP contribution is -2.22. The Morgan fingerprint density at radius 1 is 1.33 bits per heavy atom. The van der Waals surface area contributed by atoms with Crippen LogP contribution in [-0.2, 0) is 6.42 Å². The standard InChI is InChI=1S/C13H22N2/c1-2-3-4-5-8-13(14)10-12-7-6-9-15-11-12/h6-7,9,11,13H,2-5,8,10,14H2,1H3. The summed E-state index contributed by atoms with van der Waals surface area (Å²) in [5.74, 6) is 0. The van der Waals surface area contributed by atoms with Gasteiger partial charge in [0.2, 0.25) is 0 Å². The normalized spacial score (nSPS) is 12.7. The second-order valence-corrected chi connectivity index (χ2v) is 4.17. The van der Waals surface area contributed by atoms with E-state index in [0.717, 1.165) is 12.8 Å². The van der Waals surface area contributed by atoms with Gasteiger partial charge in [-0.2, -0.15) is 0 Å². The van der Waals surface area contributed by atoms with Crippen molar-refractivity contribution >= 4 is 0 Å². The van der Waals surface area contributed by atoms with Crippen LogP contribution in [0.5, 0.6) is 0 Å². The van der Waals surface area contributed by atoms with Gasteiger partial charge in [0.15, 0.2) is 0 Å². The summed E-state index contributed by atoms with van der Waals surface area (Å²) in [7, 11) is 0. The highest BCUT2D eigenvalue weighted by Gasteiger charge is 2.03. The van der Waals surface area contributed by atoms with Crippen molar-refractivity contribution < 1.29 is 0 Å². The molecule has 0 fully saturated rings.